The molecule has 0 spiro atoms. The summed E-state index contributed by atoms with van der Waals surface area (Å²) in [6.45, 7) is 8.66. The molecule has 0 aromatic carbocycles. The molecule has 3 aliphatic carbocycles. The predicted octanol–water partition coefficient (Wildman–Crippen LogP) is 5.08. The largest absolute Gasteiger partial charge is 0.474 e. The van der Waals surface area contributed by atoms with Crippen molar-refractivity contribution in [3.63, 3.8) is 0 Å². The van der Waals surface area contributed by atoms with Crippen molar-refractivity contribution in [3.8, 4) is 17.1 Å². The van der Waals surface area contributed by atoms with Crippen molar-refractivity contribution in [2.75, 3.05) is 26.3 Å². The number of nitrogens with zero attached hydrogens (tertiary/aromatic N) is 2. The summed E-state index contributed by atoms with van der Waals surface area (Å²) in [6.07, 6.45) is 13.1. The molecule has 2 fully saturated rings. The molecule has 170 valence electrons. The van der Waals surface area contributed by atoms with Gasteiger partial charge in [0.1, 0.15) is 6.10 Å². The van der Waals surface area contributed by atoms with Crippen LogP contribution >= 0.6 is 0 Å². The SMILES string of the molecule is CCC(C)C[C@@H]1CCc2cc3[nH]cnc(OC4CCC(N5CCOCC5)CC4)c-3c2C1. The minimum Gasteiger partial charge on any atom is -0.474 e. The summed E-state index contributed by atoms with van der Waals surface area (Å²) >= 11 is 0. The third-order valence-electron chi connectivity index (χ3n) is 8.12. The number of aryl methyl sites for hydroxylation is 1. The van der Waals surface area contributed by atoms with E-state index < -0.39 is 0 Å². The van der Waals surface area contributed by atoms with Crippen molar-refractivity contribution in [3.05, 3.63) is 23.5 Å². The number of hydrogen-bond donors (Lipinski definition) is 1. The zero-order valence-electron chi connectivity index (χ0n) is 19.4. The normalized spacial score (nSPS) is 28.4. The van der Waals surface area contributed by atoms with Crippen LogP contribution in [0.5, 0.6) is 5.88 Å². The predicted molar refractivity (Wildman–Crippen MR) is 124 cm³/mol. The van der Waals surface area contributed by atoms with Gasteiger partial charge < -0.3 is 14.5 Å². The van der Waals surface area contributed by atoms with Crippen molar-refractivity contribution < 1.29 is 9.47 Å². The summed E-state index contributed by atoms with van der Waals surface area (Å²) in [4.78, 5) is 10.7. The smallest absolute Gasteiger partial charge is 0.224 e. The Kier molecular flexibility index (Phi) is 6.51. The van der Waals surface area contributed by atoms with Crippen molar-refractivity contribution in [1.29, 1.82) is 0 Å². The number of aromatic amines is 1. The molecule has 5 aliphatic rings. The molecule has 5 rings (SSSR count). The fourth-order valence-corrected chi connectivity index (χ4v) is 6.10. The summed E-state index contributed by atoms with van der Waals surface area (Å²) in [6, 6.07) is 3.06. The lowest BCUT2D eigenvalue weighted by Gasteiger charge is -2.38. The van der Waals surface area contributed by atoms with E-state index in [0.29, 0.717) is 12.1 Å². The van der Waals surface area contributed by atoms with Gasteiger partial charge in [0.25, 0.3) is 0 Å². The summed E-state index contributed by atoms with van der Waals surface area (Å²) in [5.74, 6) is 2.48. The Labute approximate surface area is 187 Å². The standard InChI is InChI=1S/C26H39N3O2/c1-3-18(2)14-19-4-5-20-16-24-25(23(20)15-19)26(28-17-27-24)31-22-8-6-21(7-9-22)29-10-12-30-13-11-29/h16-19,21-22H,3-15H2,1-2H3,(H,27,28)/t18?,19-,21?,22?/m0/s1. The van der Waals surface area contributed by atoms with Crippen LogP contribution in [-0.4, -0.2) is 53.3 Å². The molecule has 1 unspecified atom stereocenters. The number of morpholine rings is 1. The van der Waals surface area contributed by atoms with Gasteiger partial charge in [0, 0.05) is 19.1 Å². The second-order valence-electron chi connectivity index (χ2n) is 10.2. The van der Waals surface area contributed by atoms with Crippen molar-refractivity contribution in [1.82, 2.24) is 14.9 Å². The molecule has 0 radical (unpaired) electrons. The van der Waals surface area contributed by atoms with E-state index in [1.807, 2.05) is 6.33 Å². The van der Waals surface area contributed by atoms with Crippen LogP contribution in [0, 0.1) is 11.8 Å². The van der Waals surface area contributed by atoms with Gasteiger partial charge >= 0.3 is 0 Å². The highest BCUT2D eigenvalue weighted by molar-refractivity contribution is 5.75. The first-order chi connectivity index (χ1) is 15.2. The molecule has 1 saturated carbocycles. The Bertz CT molecular complexity index is 820. The molecule has 31 heavy (non-hydrogen) atoms. The van der Waals surface area contributed by atoms with E-state index in [0.717, 1.165) is 56.9 Å². The lowest BCUT2D eigenvalue weighted by Crippen LogP contribution is -2.46. The van der Waals surface area contributed by atoms with Crippen molar-refractivity contribution >= 4 is 0 Å². The average Bonchev–Trinajstić information content (AvgIpc) is 3.19. The van der Waals surface area contributed by atoms with Crippen LogP contribution in [0.1, 0.15) is 69.9 Å². The van der Waals surface area contributed by atoms with Crippen LogP contribution in [0.4, 0.5) is 0 Å². The minimum absolute atomic E-state index is 0.292. The van der Waals surface area contributed by atoms with Crippen LogP contribution in [0.2, 0.25) is 0 Å². The van der Waals surface area contributed by atoms with Crippen LogP contribution < -0.4 is 4.74 Å². The Balaban J connectivity index is 1.27. The number of nitrogens with one attached hydrogen (secondary N) is 1. The second kappa shape index (κ2) is 9.50. The van der Waals surface area contributed by atoms with E-state index >= 15 is 0 Å². The molecule has 2 atom stereocenters. The Morgan fingerprint density at radius 1 is 1.19 bits per heavy atom. The average molecular weight is 426 g/mol. The van der Waals surface area contributed by atoms with Gasteiger partial charge in [-0.15, -0.1) is 0 Å². The lowest BCUT2D eigenvalue weighted by molar-refractivity contribution is -0.00135. The molecule has 5 nitrogen and oxygen atoms in total. The molecule has 1 N–H and O–H groups in total. The fourth-order valence-electron chi connectivity index (χ4n) is 6.10. The number of hydrogen-bond acceptors (Lipinski definition) is 4. The summed E-state index contributed by atoms with van der Waals surface area (Å²) in [5, 5.41) is 0. The van der Waals surface area contributed by atoms with Crippen molar-refractivity contribution in [2.24, 2.45) is 11.8 Å². The lowest BCUT2D eigenvalue weighted by atomic mass is 9.80. The number of aromatic nitrogens is 2. The van der Waals surface area contributed by atoms with Gasteiger partial charge in [0.05, 0.1) is 30.8 Å². The topological polar surface area (TPSA) is 50.4 Å². The van der Waals surface area contributed by atoms with Crippen LogP contribution in [0.3, 0.4) is 0 Å². The van der Waals surface area contributed by atoms with Crippen LogP contribution in [-0.2, 0) is 17.6 Å². The quantitative estimate of drug-likeness (QED) is 0.701. The Morgan fingerprint density at radius 2 is 2.00 bits per heavy atom. The zero-order valence-corrected chi connectivity index (χ0v) is 19.4. The molecule has 1 saturated heterocycles. The molecule has 0 bridgehead atoms. The van der Waals surface area contributed by atoms with E-state index in [2.05, 4.69) is 34.8 Å². The first-order valence-corrected chi connectivity index (χ1v) is 12.7. The van der Waals surface area contributed by atoms with E-state index in [4.69, 9.17) is 9.47 Å². The summed E-state index contributed by atoms with van der Waals surface area (Å²) in [7, 11) is 0. The summed E-state index contributed by atoms with van der Waals surface area (Å²) in [5.41, 5.74) is 5.50. The van der Waals surface area contributed by atoms with Gasteiger partial charge in [-0.1, -0.05) is 20.3 Å². The molecular formula is C26H39N3O2. The Hall–Kier alpha value is -1.59. The van der Waals surface area contributed by atoms with Crippen LogP contribution in [0.25, 0.3) is 11.3 Å². The van der Waals surface area contributed by atoms with E-state index in [9.17, 15) is 0 Å². The maximum atomic E-state index is 6.59. The summed E-state index contributed by atoms with van der Waals surface area (Å²) < 4.78 is 12.1. The van der Waals surface area contributed by atoms with Gasteiger partial charge in [-0.25, -0.2) is 4.98 Å². The van der Waals surface area contributed by atoms with Gasteiger partial charge in [-0.05, 0) is 80.4 Å². The molecular weight excluding hydrogens is 386 g/mol. The third-order valence-corrected chi connectivity index (χ3v) is 8.12. The molecule has 0 aromatic rings. The van der Waals surface area contributed by atoms with Gasteiger partial charge in [-0.2, -0.15) is 0 Å². The van der Waals surface area contributed by atoms with Crippen LogP contribution in [0.15, 0.2) is 12.4 Å². The molecule has 5 heteroatoms. The molecule has 0 amide bonds. The molecule has 2 aliphatic heterocycles. The molecule has 0 aromatic heterocycles. The fraction of sp³-hybridized carbons (Fsp3) is 0.731. The van der Waals surface area contributed by atoms with E-state index in [-0.39, 0.29) is 0 Å². The first kappa shape index (κ1) is 21.3. The highest BCUT2D eigenvalue weighted by Crippen LogP contribution is 2.43. The highest BCUT2D eigenvalue weighted by atomic mass is 16.5. The second-order valence-corrected chi connectivity index (χ2v) is 10.2. The van der Waals surface area contributed by atoms with Gasteiger partial charge in [0.2, 0.25) is 5.88 Å². The maximum Gasteiger partial charge on any atom is 0.224 e. The van der Waals surface area contributed by atoms with Gasteiger partial charge in [0.15, 0.2) is 0 Å². The third kappa shape index (κ3) is 4.63. The first-order valence-electron chi connectivity index (χ1n) is 12.7. The minimum atomic E-state index is 0.292. The maximum absolute atomic E-state index is 6.59. The van der Waals surface area contributed by atoms with E-state index in [1.165, 1.54) is 67.3 Å². The molecule has 2 heterocycles. The number of fused-ring (bicyclic) bond motifs is 3. The number of rotatable bonds is 6. The Morgan fingerprint density at radius 3 is 2.77 bits per heavy atom. The van der Waals surface area contributed by atoms with Crippen molar-refractivity contribution in [2.45, 2.75) is 83.8 Å². The monoisotopic (exact) mass is 425 g/mol. The highest BCUT2D eigenvalue weighted by Gasteiger charge is 2.31. The van der Waals surface area contributed by atoms with Gasteiger partial charge in [-0.3, -0.25) is 4.90 Å². The van der Waals surface area contributed by atoms with E-state index in [1.54, 1.807) is 0 Å². The number of ether oxygens (including phenoxy) is 2. The zero-order chi connectivity index (χ0) is 21.2. The number of H-pyrrole nitrogens is 1.